The molecule has 32 heavy (non-hydrogen) atoms. The molecule has 2 unspecified atom stereocenters. The van der Waals surface area contributed by atoms with Gasteiger partial charge in [-0.3, -0.25) is 4.79 Å². The summed E-state index contributed by atoms with van der Waals surface area (Å²) in [6.45, 7) is 1.31. The Balaban J connectivity index is 1.65. The van der Waals surface area contributed by atoms with E-state index in [0.717, 1.165) is 11.3 Å². The van der Waals surface area contributed by atoms with Crippen molar-refractivity contribution in [3.8, 4) is 0 Å². The SMILES string of the molecule is O=C(C(O)c1ccccc1Cl)N1CCN(c2ccc(Cl)cc2Cl)C(c2ccc(Cl)cc2)C1. The lowest BCUT2D eigenvalue weighted by Gasteiger charge is -2.44. The predicted octanol–water partition coefficient (Wildman–Crippen LogP) is 6.42. The summed E-state index contributed by atoms with van der Waals surface area (Å²) in [5.74, 6) is -0.390. The summed E-state index contributed by atoms with van der Waals surface area (Å²) in [6, 6.07) is 19.5. The van der Waals surface area contributed by atoms with E-state index in [-0.39, 0.29) is 11.9 Å². The molecule has 1 amide bonds. The van der Waals surface area contributed by atoms with Crippen LogP contribution in [0.25, 0.3) is 0 Å². The Labute approximate surface area is 206 Å². The van der Waals surface area contributed by atoms with E-state index in [4.69, 9.17) is 46.4 Å². The van der Waals surface area contributed by atoms with Crippen LogP contribution in [0.4, 0.5) is 5.69 Å². The number of rotatable bonds is 4. The van der Waals surface area contributed by atoms with Crippen molar-refractivity contribution in [1.29, 1.82) is 0 Å². The summed E-state index contributed by atoms with van der Waals surface area (Å²) in [4.78, 5) is 17.0. The molecule has 4 rings (SSSR count). The van der Waals surface area contributed by atoms with Crippen LogP contribution in [0.2, 0.25) is 20.1 Å². The standard InChI is InChI=1S/C24H20Cl4N2O2/c25-16-7-5-15(6-8-16)22-14-29(24(32)23(31)18-3-1-2-4-19(18)27)11-12-30(22)21-10-9-17(26)13-20(21)28/h1-10,13,22-23,31H,11-12,14H2. The van der Waals surface area contributed by atoms with E-state index in [1.54, 1.807) is 41.3 Å². The van der Waals surface area contributed by atoms with Gasteiger partial charge in [0.25, 0.3) is 5.91 Å². The van der Waals surface area contributed by atoms with E-state index in [9.17, 15) is 9.90 Å². The van der Waals surface area contributed by atoms with Crippen LogP contribution in [0.1, 0.15) is 23.3 Å². The molecule has 0 radical (unpaired) electrons. The summed E-state index contributed by atoms with van der Waals surface area (Å²) in [6.07, 6.45) is -1.33. The van der Waals surface area contributed by atoms with Crippen molar-refractivity contribution in [2.45, 2.75) is 12.1 Å². The molecule has 8 heteroatoms. The fourth-order valence-electron chi connectivity index (χ4n) is 3.96. The van der Waals surface area contributed by atoms with E-state index in [1.165, 1.54) is 0 Å². The van der Waals surface area contributed by atoms with Crippen LogP contribution in [0.5, 0.6) is 0 Å². The Morgan fingerprint density at radius 3 is 2.25 bits per heavy atom. The van der Waals surface area contributed by atoms with Crippen molar-refractivity contribution < 1.29 is 9.90 Å². The average molecular weight is 510 g/mol. The third kappa shape index (κ3) is 4.85. The summed E-state index contributed by atoms with van der Waals surface area (Å²) in [5.41, 5.74) is 2.20. The first-order valence-electron chi connectivity index (χ1n) is 10.0. The van der Waals surface area contributed by atoms with E-state index < -0.39 is 6.10 Å². The molecule has 3 aromatic carbocycles. The highest BCUT2D eigenvalue weighted by atomic mass is 35.5. The first kappa shape index (κ1) is 23.2. The van der Waals surface area contributed by atoms with Crippen molar-refractivity contribution in [2.75, 3.05) is 24.5 Å². The minimum Gasteiger partial charge on any atom is -0.378 e. The Morgan fingerprint density at radius 2 is 1.56 bits per heavy atom. The van der Waals surface area contributed by atoms with Crippen LogP contribution in [-0.2, 0) is 4.79 Å². The number of halogens is 4. The minimum atomic E-state index is -1.33. The normalized spacial score (nSPS) is 17.3. The first-order chi connectivity index (χ1) is 15.3. The van der Waals surface area contributed by atoms with Gasteiger partial charge in [0.05, 0.1) is 16.8 Å². The summed E-state index contributed by atoms with van der Waals surface area (Å²) < 4.78 is 0. The molecule has 0 aromatic heterocycles. The highest BCUT2D eigenvalue weighted by Gasteiger charge is 2.34. The summed E-state index contributed by atoms with van der Waals surface area (Å²) in [5, 5.41) is 12.8. The molecule has 1 fully saturated rings. The molecule has 4 nitrogen and oxygen atoms in total. The van der Waals surface area contributed by atoms with Crippen LogP contribution in [0.3, 0.4) is 0 Å². The van der Waals surface area contributed by atoms with Crippen molar-refractivity contribution in [3.05, 3.63) is 97.9 Å². The molecule has 0 spiro atoms. The van der Waals surface area contributed by atoms with Crippen molar-refractivity contribution in [2.24, 2.45) is 0 Å². The molecule has 166 valence electrons. The Bertz CT molecular complexity index is 1120. The lowest BCUT2D eigenvalue weighted by Crippen LogP contribution is -2.51. The van der Waals surface area contributed by atoms with Gasteiger partial charge in [-0.1, -0.05) is 76.7 Å². The van der Waals surface area contributed by atoms with Crippen molar-refractivity contribution in [3.63, 3.8) is 0 Å². The Hall–Kier alpha value is -1.95. The van der Waals surface area contributed by atoms with E-state index in [0.29, 0.717) is 45.3 Å². The zero-order valence-corrected chi connectivity index (χ0v) is 19.9. The van der Waals surface area contributed by atoms with Crippen LogP contribution in [0.15, 0.2) is 66.7 Å². The number of aliphatic hydroxyl groups is 1. The lowest BCUT2D eigenvalue weighted by molar-refractivity contribution is -0.141. The Kier molecular flexibility index (Phi) is 7.18. The van der Waals surface area contributed by atoms with E-state index in [1.807, 2.05) is 30.3 Å². The zero-order chi connectivity index (χ0) is 22.8. The van der Waals surface area contributed by atoms with Crippen molar-refractivity contribution >= 4 is 58.0 Å². The van der Waals surface area contributed by atoms with Gasteiger partial charge in [-0.15, -0.1) is 0 Å². The molecule has 1 heterocycles. The van der Waals surface area contributed by atoms with Crippen LogP contribution >= 0.6 is 46.4 Å². The number of aliphatic hydroxyl groups excluding tert-OH is 1. The molecule has 1 aliphatic rings. The van der Waals surface area contributed by atoms with Crippen molar-refractivity contribution in [1.82, 2.24) is 4.90 Å². The third-order valence-electron chi connectivity index (χ3n) is 5.60. The topological polar surface area (TPSA) is 43.8 Å². The number of carbonyl (C=O) groups excluding carboxylic acids is 1. The minimum absolute atomic E-state index is 0.193. The molecule has 0 aliphatic carbocycles. The maximum absolute atomic E-state index is 13.2. The van der Waals surface area contributed by atoms with Crippen LogP contribution < -0.4 is 4.90 Å². The second kappa shape index (κ2) is 9.90. The number of nitrogens with zero attached hydrogens (tertiary/aromatic N) is 2. The van der Waals surface area contributed by atoms with Gasteiger partial charge in [0, 0.05) is 40.3 Å². The number of piperazine rings is 1. The van der Waals surface area contributed by atoms with Gasteiger partial charge in [-0.25, -0.2) is 0 Å². The monoisotopic (exact) mass is 508 g/mol. The zero-order valence-electron chi connectivity index (χ0n) is 16.9. The average Bonchev–Trinajstić information content (AvgIpc) is 2.79. The largest absolute Gasteiger partial charge is 0.378 e. The summed E-state index contributed by atoms with van der Waals surface area (Å²) >= 11 is 24.9. The molecule has 1 aliphatic heterocycles. The first-order valence-corrected chi connectivity index (χ1v) is 11.5. The van der Waals surface area contributed by atoms with Gasteiger partial charge in [0.1, 0.15) is 0 Å². The highest BCUT2D eigenvalue weighted by Crippen LogP contribution is 2.37. The fourth-order valence-corrected chi connectivity index (χ4v) is 4.84. The number of anilines is 1. The van der Waals surface area contributed by atoms with Gasteiger partial charge < -0.3 is 14.9 Å². The predicted molar refractivity (Wildman–Crippen MR) is 131 cm³/mol. The molecule has 1 saturated heterocycles. The Morgan fingerprint density at radius 1 is 0.875 bits per heavy atom. The molecule has 1 N–H and O–H groups in total. The number of amides is 1. The second-order valence-corrected chi connectivity index (χ2v) is 9.25. The maximum Gasteiger partial charge on any atom is 0.256 e. The quantitative estimate of drug-likeness (QED) is 0.441. The molecule has 3 aromatic rings. The summed E-state index contributed by atoms with van der Waals surface area (Å²) in [7, 11) is 0. The van der Waals surface area contributed by atoms with E-state index >= 15 is 0 Å². The molecular formula is C24H20Cl4N2O2. The van der Waals surface area contributed by atoms with Gasteiger partial charge in [0.2, 0.25) is 0 Å². The fraction of sp³-hybridized carbons (Fsp3) is 0.208. The van der Waals surface area contributed by atoms with Crippen LogP contribution in [0, 0.1) is 0 Å². The molecular weight excluding hydrogens is 490 g/mol. The van der Waals surface area contributed by atoms with Gasteiger partial charge in [-0.05, 0) is 42.0 Å². The number of carbonyl (C=O) groups is 1. The molecule has 0 saturated carbocycles. The smallest absolute Gasteiger partial charge is 0.256 e. The molecule has 0 bridgehead atoms. The number of hydrogen-bond acceptors (Lipinski definition) is 3. The van der Waals surface area contributed by atoms with Crippen LogP contribution in [-0.4, -0.2) is 35.5 Å². The lowest BCUT2D eigenvalue weighted by atomic mass is 10.00. The maximum atomic E-state index is 13.2. The molecule has 2 atom stereocenters. The number of benzene rings is 3. The van der Waals surface area contributed by atoms with E-state index in [2.05, 4.69) is 4.90 Å². The second-order valence-electron chi connectivity index (χ2n) is 7.56. The number of hydrogen-bond donors (Lipinski definition) is 1. The third-order valence-corrected chi connectivity index (χ3v) is 6.73. The highest BCUT2D eigenvalue weighted by molar-refractivity contribution is 6.36. The van der Waals surface area contributed by atoms with Gasteiger partial charge in [-0.2, -0.15) is 0 Å². The van der Waals surface area contributed by atoms with Gasteiger partial charge >= 0.3 is 0 Å². The van der Waals surface area contributed by atoms with Gasteiger partial charge in [0.15, 0.2) is 6.10 Å².